The van der Waals surface area contributed by atoms with E-state index in [4.69, 9.17) is 23.2 Å². The normalized spacial score (nSPS) is 28.1. The molecule has 3 atom stereocenters. The van der Waals surface area contributed by atoms with Gasteiger partial charge < -0.3 is 5.11 Å². The smallest absolute Gasteiger partial charge is 0.0991 e. The Morgan fingerprint density at radius 1 is 1.53 bits per heavy atom. The van der Waals surface area contributed by atoms with Crippen LogP contribution in [0, 0.1) is 22.7 Å². The summed E-state index contributed by atoms with van der Waals surface area (Å²) < 4.78 is 0. The van der Waals surface area contributed by atoms with Crippen LogP contribution in [0.3, 0.4) is 0 Å². The fourth-order valence-electron chi connectivity index (χ4n) is 2.96. The Kier molecular flexibility index (Phi) is 4.40. The van der Waals surface area contributed by atoms with Crippen LogP contribution in [0.1, 0.15) is 44.3 Å². The molecule has 0 aliphatic heterocycles. The highest BCUT2D eigenvalue weighted by Gasteiger charge is 2.45. The van der Waals surface area contributed by atoms with Crippen LogP contribution < -0.4 is 0 Å². The van der Waals surface area contributed by atoms with Crippen molar-refractivity contribution in [3.05, 3.63) is 33.8 Å². The molecule has 3 unspecified atom stereocenters. The molecule has 1 aliphatic rings. The number of halogens is 2. The van der Waals surface area contributed by atoms with Crippen molar-refractivity contribution in [1.29, 1.82) is 5.26 Å². The van der Waals surface area contributed by atoms with Crippen LogP contribution >= 0.6 is 23.2 Å². The first-order chi connectivity index (χ1) is 9.02. The summed E-state index contributed by atoms with van der Waals surface area (Å²) in [4.78, 5) is 0. The van der Waals surface area contributed by atoms with Crippen LogP contribution in [0.15, 0.2) is 18.2 Å². The molecule has 19 heavy (non-hydrogen) atoms. The number of aliphatic hydroxyl groups is 1. The van der Waals surface area contributed by atoms with E-state index in [0.717, 1.165) is 19.3 Å². The van der Waals surface area contributed by atoms with Gasteiger partial charge in [0.2, 0.25) is 0 Å². The molecule has 1 N–H and O–H groups in total. The van der Waals surface area contributed by atoms with E-state index >= 15 is 0 Å². The van der Waals surface area contributed by atoms with Crippen molar-refractivity contribution in [2.45, 2.75) is 38.7 Å². The standard InChI is InChI=1S/C15H17Cl2NO/c1-2-10-5-6-15(8-10,9-18)14(19)12-7-11(16)3-4-13(12)17/h3-4,7,10,14,19H,2,5-6,8H2,1H3. The molecule has 0 radical (unpaired) electrons. The van der Waals surface area contributed by atoms with Crippen molar-refractivity contribution in [2.24, 2.45) is 11.3 Å². The molecule has 2 nitrogen and oxygen atoms in total. The lowest BCUT2D eigenvalue weighted by Crippen LogP contribution is -2.25. The van der Waals surface area contributed by atoms with Crippen molar-refractivity contribution < 1.29 is 5.11 Å². The number of nitrogens with zero attached hydrogens (tertiary/aromatic N) is 1. The zero-order valence-electron chi connectivity index (χ0n) is 10.9. The predicted octanol–water partition coefficient (Wildman–Crippen LogP) is 4.75. The summed E-state index contributed by atoms with van der Waals surface area (Å²) in [5.74, 6) is 0.507. The topological polar surface area (TPSA) is 44.0 Å². The molecule has 1 aromatic rings. The molecule has 0 heterocycles. The maximum absolute atomic E-state index is 10.6. The second-order valence-corrected chi connectivity index (χ2v) is 6.20. The molecule has 102 valence electrons. The average Bonchev–Trinajstić information content (AvgIpc) is 2.85. The lowest BCUT2D eigenvalue weighted by Gasteiger charge is -2.28. The van der Waals surface area contributed by atoms with Gasteiger partial charge in [-0.05, 0) is 43.4 Å². The minimum Gasteiger partial charge on any atom is -0.387 e. The Hall–Kier alpha value is -0.750. The van der Waals surface area contributed by atoms with Crippen LogP contribution in [0.25, 0.3) is 0 Å². The summed E-state index contributed by atoms with van der Waals surface area (Å²) in [7, 11) is 0. The van der Waals surface area contributed by atoms with Gasteiger partial charge in [0.15, 0.2) is 0 Å². The summed E-state index contributed by atoms with van der Waals surface area (Å²) in [5.41, 5.74) is -0.165. The van der Waals surface area contributed by atoms with Crippen LogP contribution in [-0.2, 0) is 0 Å². The molecule has 4 heteroatoms. The van der Waals surface area contributed by atoms with Gasteiger partial charge in [-0.25, -0.2) is 0 Å². The lowest BCUT2D eigenvalue weighted by atomic mass is 9.78. The molecule has 0 amide bonds. The largest absolute Gasteiger partial charge is 0.387 e. The highest BCUT2D eigenvalue weighted by atomic mass is 35.5. The van der Waals surface area contributed by atoms with E-state index in [0.29, 0.717) is 27.9 Å². The molecule has 2 rings (SSSR count). The van der Waals surface area contributed by atoms with Crippen molar-refractivity contribution in [1.82, 2.24) is 0 Å². The maximum atomic E-state index is 10.6. The quantitative estimate of drug-likeness (QED) is 0.875. The lowest BCUT2D eigenvalue weighted by molar-refractivity contribution is 0.0642. The third-order valence-electron chi connectivity index (χ3n) is 4.23. The number of nitriles is 1. The second kappa shape index (κ2) is 5.71. The van der Waals surface area contributed by atoms with E-state index < -0.39 is 11.5 Å². The third-order valence-corrected chi connectivity index (χ3v) is 4.81. The Morgan fingerprint density at radius 3 is 2.84 bits per heavy atom. The highest BCUT2D eigenvalue weighted by Crippen LogP contribution is 2.51. The number of benzene rings is 1. The summed E-state index contributed by atoms with van der Waals surface area (Å²) in [5, 5.41) is 21.1. The van der Waals surface area contributed by atoms with Gasteiger partial charge in [-0.1, -0.05) is 36.5 Å². The second-order valence-electron chi connectivity index (χ2n) is 5.35. The zero-order valence-corrected chi connectivity index (χ0v) is 12.4. The minimum absolute atomic E-state index is 0.464. The molecule has 0 spiro atoms. The van der Waals surface area contributed by atoms with Crippen molar-refractivity contribution in [2.75, 3.05) is 0 Å². The molecular weight excluding hydrogens is 281 g/mol. The molecule has 1 aromatic carbocycles. The van der Waals surface area contributed by atoms with Crippen LogP contribution in [0.4, 0.5) is 0 Å². The fraction of sp³-hybridized carbons (Fsp3) is 0.533. The zero-order chi connectivity index (χ0) is 14.0. The third kappa shape index (κ3) is 2.74. The molecule has 1 fully saturated rings. The van der Waals surface area contributed by atoms with E-state index in [-0.39, 0.29) is 0 Å². The molecule has 1 saturated carbocycles. The van der Waals surface area contributed by atoms with Gasteiger partial charge in [-0.15, -0.1) is 0 Å². The van der Waals surface area contributed by atoms with Crippen molar-refractivity contribution in [3.8, 4) is 6.07 Å². The summed E-state index contributed by atoms with van der Waals surface area (Å²) in [6.07, 6.45) is 2.59. The molecule has 0 bridgehead atoms. The Bertz CT molecular complexity index is 511. The van der Waals surface area contributed by atoms with Gasteiger partial charge >= 0.3 is 0 Å². The van der Waals surface area contributed by atoms with Gasteiger partial charge in [-0.2, -0.15) is 5.26 Å². The van der Waals surface area contributed by atoms with Crippen LogP contribution in [0.5, 0.6) is 0 Å². The number of hydrogen-bond acceptors (Lipinski definition) is 2. The first kappa shape index (κ1) is 14.7. The van der Waals surface area contributed by atoms with E-state index in [1.165, 1.54) is 0 Å². The number of rotatable bonds is 3. The molecule has 1 aliphatic carbocycles. The predicted molar refractivity (Wildman–Crippen MR) is 77.1 cm³/mol. The average molecular weight is 298 g/mol. The van der Waals surface area contributed by atoms with Crippen molar-refractivity contribution in [3.63, 3.8) is 0 Å². The maximum Gasteiger partial charge on any atom is 0.0991 e. The van der Waals surface area contributed by atoms with E-state index in [1.54, 1.807) is 18.2 Å². The van der Waals surface area contributed by atoms with E-state index in [1.807, 2.05) is 0 Å². The Balaban J connectivity index is 2.34. The molecule has 0 saturated heterocycles. The first-order valence-electron chi connectivity index (χ1n) is 6.56. The van der Waals surface area contributed by atoms with E-state index in [2.05, 4.69) is 13.0 Å². The van der Waals surface area contributed by atoms with Gasteiger partial charge in [0.25, 0.3) is 0 Å². The Morgan fingerprint density at radius 2 is 2.26 bits per heavy atom. The summed E-state index contributed by atoms with van der Waals surface area (Å²) in [6.45, 7) is 2.12. The number of aliphatic hydroxyl groups excluding tert-OH is 1. The van der Waals surface area contributed by atoms with E-state index in [9.17, 15) is 10.4 Å². The summed E-state index contributed by atoms with van der Waals surface area (Å²) >= 11 is 12.1. The molecule has 0 aromatic heterocycles. The Labute approximate surface area is 124 Å². The monoisotopic (exact) mass is 297 g/mol. The van der Waals surface area contributed by atoms with Gasteiger partial charge in [-0.3, -0.25) is 0 Å². The van der Waals surface area contributed by atoms with Crippen LogP contribution in [-0.4, -0.2) is 5.11 Å². The number of hydrogen-bond donors (Lipinski definition) is 1. The van der Waals surface area contributed by atoms with Crippen LogP contribution in [0.2, 0.25) is 10.0 Å². The summed E-state index contributed by atoms with van der Waals surface area (Å²) in [6, 6.07) is 7.34. The van der Waals surface area contributed by atoms with Gasteiger partial charge in [0, 0.05) is 15.6 Å². The van der Waals surface area contributed by atoms with Gasteiger partial charge in [0.05, 0.1) is 17.6 Å². The fourth-order valence-corrected chi connectivity index (χ4v) is 3.36. The molecular formula is C15H17Cl2NO. The first-order valence-corrected chi connectivity index (χ1v) is 7.32. The van der Waals surface area contributed by atoms with Gasteiger partial charge in [0.1, 0.15) is 0 Å². The highest BCUT2D eigenvalue weighted by molar-refractivity contribution is 6.33. The van der Waals surface area contributed by atoms with Crippen molar-refractivity contribution >= 4 is 23.2 Å². The minimum atomic E-state index is -0.875. The SMILES string of the molecule is CCC1CCC(C#N)(C(O)c2cc(Cl)ccc2Cl)C1.